The van der Waals surface area contributed by atoms with Gasteiger partial charge in [0.1, 0.15) is 0 Å². The Morgan fingerprint density at radius 1 is 0.727 bits per heavy atom. The van der Waals surface area contributed by atoms with Crippen molar-refractivity contribution in [3.63, 3.8) is 0 Å². The lowest BCUT2D eigenvalue weighted by Crippen LogP contribution is -1.88. The van der Waals surface area contributed by atoms with E-state index in [1.165, 1.54) is 74.1 Å². The standard InChI is InChI=1S/C22H30/c1-2-3-4-5-6-7-8-9-10-11-15-20-17-14-18-21-16-12-13-19-22(20)21/h3-4,12-14,16-19H,2,5-11,15H2,1H3/b4-3+. The number of fused-ring (bicyclic) bond motifs is 1. The van der Waals surface area contributed by atoms with Crippen molar-refractivity contribution in [2.45, 2.75) is 64.7 Å². The Labute approximate surface area is 136 Å². The van der Waals surface area contributed by atoms with Crippen molar-refractivity contribution in [2.75, 3.05) is 0 Å². The van der Waals surface area contributed by atoms with Gasteiger partial charge < -0.3 is 0 Å². The molecule has 0 heteroatoms. The Kier molecular flexibility index (Phi) is 7.80. The fourth-order valence-corrected chi connectivity index (χ4v) is 3.08. The molecule has 22 heavy (non-hydrogen) atoms. The normalized spacial score (nSPS) is 11.5. The Balaban J connectivity index is 1.61. The molecule has 0 amide bonds. The van der Waals surface area contributed by atoms with Crippen LogP contribution in [-0.4, -0.2) is 0 Å². The quantitative estimate of drug-likeness (QED) is 0.324. The Morgan fingerprint density at radius 3 is 2.32 bits per heavy atom. The summed E-state index contributed by atoms with van der Waals surface area (Å²) in [6.45, 7) is 2.20. The van der Waals surface area contributed by atoms with Crippen LogP contribution in [0.5, 0.6) is 0 Å². The maximum Gasteiger partial charge on any atom is -0.0152 e. The van der Waals surface area contributed by atoms with Gasteiger partial charge >= 0.3 is 0 Å². The largest absolute Gasteiger partial charge is 0.0888 e. The molecule has 2 rings (SSSR count). The van der Waals surface area contributed by atoms with E-state index in [9.17, 15) is 0 Å². The first-order valence-corrected chi connectivity index (χ1v) is 9.03. The Hall–Kier alpha value is -1.56. The molecule has 0 saturated heterocycles. The van der Waals surface area contributed by atoms with Gasteiger partial charge in [-0.2, -0.15) is 0 Å². The molecule has 2 aromatic carbocycles. The number of unbranched alkanes of at least 4 members (excludes halogenated alkanes) is 6. The fraction of sp³-hybridized carbons (Fsp3) is 0.455. The average Bonchev–Trinajstić information content (AvgIpc) is 2.56. The topological polar surface area (TPSA) is 0 Å². The maximum absolute atomic E-state index is 2.33. The van der Waals surface area contributed by atoms with Crippen molar-refractivity contribution in [1.82, 2.24) is 0 Å². The number of benzene rings is 2. The van der Waals surface area contributed by atoms with Gasteiger partial charge in [0.15, 0.2) is 0 Å². The third-order valence-electron chi connectivity index (χ3n) is 4.35. The number of rotatable bonds is 10. The highest BCUT2D eigenvalue weighted by Crippen LogP contribution is 2.20. The number of hydrogen-bond acceptors (Lipinski definition) is 0. The second-order valence-electron chi connectivity index (χ2n) is 6.18. The van der Waals surface area contributed by atoms with Gasteiger partial charge in [0, 0.05) is 0 Å². The zero-order valence-corrected chi connectivity index (χ0v) is 14.1. The third-order valence-corrected chi connectivity index (χ3v) is 4.35. The highest BCUT2D eigenvalue weighted by atomic mass is 14.0. The van der Waals surface area contributed by atoms with Gasteiger partial charge in [0.2, 0.25) is 0 Å². The number of allylic oxidation sites excluding steroid dienone is 2. The van der Waals surface area contributed by atoms with Crippen molar-refractivity contribution < 1.29 is 0 Å². The molecule has 0 bridgehead atoms. The van der Waals surface area contributed by atoms with Crippen LogP contribution in [0.2, 0.25) is 0 Å². The zero-order valence-electron chi connectivity index (χ0n) is 14.1. The summed E-state index contributed by atoms with van der Waals surface area (Å²) in [6, 6.07) is 15.5. The predicted molar refractivity (Wildman–Crippen MR) is 99.4 cm³/mol. The van der Waals surface area contributed by atoms with Gasteiger partial charge in [-0.15, -0.1) is 0 Å². The molecule has 0 heterocycles. The summed E-state index contributed by atoms with van der Waals surface area (Å²) in [7, 11) is 0. The van der Waals surface area contributed by atoms with Crippen LogP contribution in [0.4, 0.5) is 0 Å². The minimum absolute atomic E-state index is 1.17. The Bertz CT molecular complexity index is 560. The molecule has 0 N–H and O–H groups in total. The SMILES string of the molecule is CC/C=C/CCCCCCCCc1cccc2ccccc12. The van der Waals surface area contributed by atoms with Gasteiger partial charge in [0.25, 0.3) is 0 Å². The second-order valence-corrected chi connectivity index (χ2v) is 6.18. The number of hydrogen-bond donors (Lipinski definition) is 0. The molecule has 0 nitrogen and oxygen atoms in total. The molecule has 0 aliphatic rings. The summed E-state index contributed by atoms with van der Waals surface area (Å²) in [6.07, 6.45) is 16.5. The molecule has 2 aromatic rings. The lowest BCUT2D eigenvalue weighted by Gasteiger charge is -2.06. The molecule has 0 atom stereocenters. The molecule has 0 aromatic heterocycles. The average molecular weight is 294 g/mol. The van der Waals surface area contributed by atoms with Crippen molar-refractivity contribution in [2.24, 2.45) is 0 Å². The van der Waals surface area contributed by atoms with E-state index < -0.39 is 0 Å². The van der Waals surface area contributed by atoms with Gasteiger partial charge in [-0.1, -0.05) is 87.2 Å². The van der Waals surface area contributed by atoms with E-state index in [0.717, 1.165) is 0 Å². The van der Waals surface area contributed by atoms with Crippen LogP contribution in [0.3, 0.4) is 0 Å². The highest BCUT2D eigenvalue weighted by Gasteiger charge is 2.00. The summed E-state index contributed by atoms with van der Waals surface area (Å²) >= 11 is 0. The molecule has 0 aliphatic heterocycles. The van der Waals surface area contributed by atoms with E-state index >= 15 is 0 Å². The van der Waals surface area contributed by atoms with Crippen molar-refractivity contribution in [3.8, 4) is 0 Å². The molecule has 0 saturated carbocycles. The van der Waals surface area contributed by atoms with Gasteiger partial charge in [-0.25, -0.2) is 0 Å². The molecule has 0 radical (unpaired) electrons. The smallest absolute Gasteiger partial charge is 0.0152 e. The predicted octanol–water partition coefficient (Wildman–Crippen LogP) is 7.08. The highest BCUT2D eigenvalue weighted by molar-refractivity contribution is 5.85. The summed E-state index contributed by atoms with van der Waals surface area (Å²) in [5.41, 5.74) is 1.52. The van der Waals surface area contributed by atoms with Gasteiger partial charge in [-0.3, -0.25) is 0 Å². The minimum atomic E-state index is 1.17. The van der Waals surface area contributed by atoms with Crippen LogP contribution in [0.1, 0.15) is 63.9 Å². The molecular weight excluding hydrogens is 264 g/mol. The van der Waals surface area contributed by atoms with Crippen LogP contribution >= 0.6 is 0 Å². The molecule has 0 spiro atoms. The van der Waals surface area contributed by atoms with Crippen molar-refractivity contribution >= 4 is 10.8 Å². The van der Waals surface area contributed by atoms with Crippen LogP contribution in [0.25, 0.3) is 10.8 Å². The first kappa shape index (κ1) is 16.8. The fourth-order valence-electron chi connectivity index (χ4n) is 3.08. The first-order chi connectivity index (χ1) is 10.9. The molecule has 118 valence electrons. The molecule has 0 aliphatic carbocycles. The van der Waals surface area contributed by atoms with Gasteiger partial charge in [0.05, 0.1) is 0 Å². The first-order valence-electron chi connectivity index (χ1n) is 9.03. The van der Waals surface area contributed by atoms with Crippen LogP contribution in [0.15, 0.2) is 54.6 Å². The maximum atomic E-state index is 2.33. The molecule has 0 fully saturated rings. The van der Waals surface area contributed by atoms with Crippen LogP contribution in [-0.2, 0) is 6.42 Å². The van der Waals surface area contributed by atoms with E-state index in [1.807, 2.05) is 0 Å². The van der Waals surface area contributed by atoms with Crippen LogP contribution in [0, 0.1) is 0 Å². The van der Waals surface area contributed by atoms with E-state index in [0.29, 0.717) is 0 Å². The summed E-state index contributed by atoms with van der Waals surface area (Å²) in [5, 5.41) is 2.81. The van der Waals surface area contributed by atoms with E-state index in [1.54, 1.807) is 0 Å². The van der Waals surface area contributed by atoms with E-state index in [4.69, 9.17) is 0 Å². The third kappa shape index (κ3) is 5.67. The Morgan fingerprint density at radius 2 is 1.45 bits per heavy atom. The lowest BCUT2D eigenvalue weighted by atomic mass is 9.99. The molecule has 0 unspecified atom stereocenters. The van der Waals surface area contributed by atoms with Crippen molar-refractivity contribution in [1.29, 1.82) is 0 Å². The van der Waals surface area contributed by atoms with E-state index in [2.05, 4.69) is 61.5 Å². The van der Waals surface area contributed by atoms with Crippen molar-refractivity contribution in [3.05, 3.63) is 60.2 Å². The number of aryl methyl sites for hydroxylation is 1. The summed E-state index contributed by atoms with van der Waals surface area (Å²) in [4.78, 5) is 0. The van der Waals surface area contributed by atoms with E-state index in [-0.39, 0.29) is 0 Å². The van der Waals surface area contributed by atoms with Crippen LogP contribution < -0.4 is 0 Å². The lowest BCUT2D eigenvalue weighted by molar-refractivity contribution is 0.597. The summed E-state index contributed by atoms with van der Waals surface area (Å²) in [5.74, 6) is 0. The monoisotopic (exact) mass is 294 g/mol. The summed E-state index contributed by atoms with van der Waals surface area (Å²) < 4.78 is 0. The zero-order chi connectivity index (χ0) is 15.5. The second kappa shape index (κ2) is 10.2. The minimum Gasteiger partial charge on any atom is -0.0888 e. The van der Waals surface area contributed by atoms with Gasteiger partial charge in [-0.05, 0) is 48.4 Å². The molecular formula is C22H30.